The molecule has 1 heterocycles. The average Bonchev–Trinajstić information content (AvgIpc) is 2.69. The Kier molecular flexibility index (Phi) is 9.35. The highest BCUT2D eigenvalue weighted by atomic mass is 79.9. The van der Waals surface area contributed by atoms with Crippen LogP contribution in [0.2, 0.25) is 18.1 Å². The van der Waals surface area contributed by atoms with Crippen molar-refractivity contribution in [2.24, 2.45) is 0 Å². The molecule has 0 atom stereocenters. The van der Waals surface area contributed by atoms with Gasteiger partial charge in [-0.05, 0) is 67.7 Å². The second-order valence-electron chi connectivity index (χ2n) is 10.7. The SMILES string of the molecule is CC(C)(C)OC(=O)N(Cc1cc(CBr)ccc1Br)c1cncc(CO[Si](C)(C)C(C)(C)C)c1. The maximum Gasteiger partial charge on any atom is 0.415 e. The molecule has 0 unspecified atom stereocenters. The summed E-state index contributed by atoms with van der Waals surface area (Å²) in [6.07, 6.45) is 3.08. The molecule has 0 aliphatic heterocycles. The van der Waals surface area contributed by atoms with E-state index in [4.69, 9.17) is 9.16 Å². The minimum Gasteiger partial charge on any atom is -0.443 e. The summed E-state index contributed by atoms with van der Waals surface area (Å²) in [7, 11) is -1.91. The highest BCUT2D eigenvalue weighted by Gasteiger charge is 2.37. The van der Waals surface area contributed by atoms with Crippen LogP contribution < -0.4 is 4.90 Å². The Morgan fingerprint density at radius 2 is 1.73 bits per heavy atom. The maximum atomic E-state index is 13.2. The first kappa shape index (κ1) is 28.0. The van der Waals surface area contributed by atoms with Crippen molar-refractivity contribution in [2.75, 3.05) is 4.90 Å². The molecule has 182 valence electrons. The number of hydrogen-bond donors (Lipinski definition) is 0. The number of amides is 1. The molecule has 0 radical (unpaired) electrons. The van der Waals surface area contributed by atoms with Gasteiger partial charge in [-0.3, -0.25) is 9.88 Å². The van der Waals surface area contributed by atoms with Gasteiger partial charge in [0.25, 0.3) is 0 Å². The fourth-order valence-corrected chi connectivity index (χ4v) is 4.44. The van der Waals surface area contributed by atoms with Crippen LogP contribution >= 0.6 is 31.9 Å². The number of halogens is 2. The molecule has 2 aromatic rings. The number of ether oxygens (including phenoxy) is 1. The van der Waals surface area contributed by atoms with Crippen molar-refractivity contribution in [1.29, 1.82) is 0 Å². The van der Waals surface area contributed by atoms with Gasteiger partial charge < -0.3 is 9.16 Å². The number of aromatic nitrogens is 1. The second kappa shape index (κ2) is 11.0. The Labute approximate surface area is 216 Å². The first-order chi connectivity index (χ1) is 15.1. The first-order valence-corrected chi connectivity index (χ1v) is 15.9. The number of benzene rings is 1. The Hall–Kier alpha value is -1.22. The Morgan fingerprint density at radius 3 is 2.30 bits per heavy atom. The maximum absolute atomic E-state index is 13.2. The minimum absolute atomic E-state index is 0.118. The number of hydrogen-bond acceptors (Lipinski definition) is 4. The van der Waals surface area contributed by atoms with Crippen LogP contribution in [0.25, 0.3) is 0 Å². The highest BCUT2D eigenvalue weighted by Crippen LogP contribution is 2.37. The number of anilines is 1. The van der Waals surface area contributed by atoms with Crippen LogP contribution in [0.1, 0.15) is 58.2 Å². The van der Waals surface area contributed by atoms with E-state index in [0.717, 1.165) is 26.5 Å². The van der Waals surface area contributed by atoms with Crippen molar-refractivity contribution >= 4 is 52.0 Å². The summed E-state index contributed by atoms with van der Waals surface area (Å²) in [5.74, 6) is 0. The van der Waals surface area contributed by atoms with Gasteiger partial charge >= 0.3 is 6.09 Å². The summed E-state index contributed by atoms with van der Waals surface area (Å²) in [6.45, 7) is 17.5. The summed E-state index contributed by atoms with van der Waals surface area (Å²) in [5, 5.41) is 0.856. The van der Waals surface area contributed by atoms with E-state index in [1.165, 1.54) is 0 Å². The molecular weight excluding hydrogens is 564 g/mol. The molecule has 0 aliphatic rings. The van der Waals surface area contributed by atoms with Crippen LogP contribution in [0, 0.1) is 0 Å². The van der Waals surface area contributed by atoms with Crippen LogP contribution in [-0.4, -0.2) is 25.0 Å². The van der Waals surface area contributed by atoms with E-state index in [9.17, 15) is 4.79 Å². The van der Waals surface area contributed by atoms with Crippen molar-refractivity contribution < 1.29 is 14.0 Å². The quantitative estimate of drug-likeness (QED) is 0.238. The monoisotopic (exact) mass is 598 g/mol. The molecule has 1 aromatic carbocycles. The van der Waals surface area contributed by atoms with Crippen molar-refractivity contribution in [2.45, 2.75) is 83.8 Å². The number of rotatable bonds is 7. The smallest absolute Gasteiger partial charge is 0.415 e. The number of nitrogens with zero attached hydrogens (tertiary/aromatic N) is 2. The first-order valence-electron chi connectivity index (χ1n) is 11.0. The zero-order valence-electron chi connectivity index (χ0n) is 21.0. The van der Waals surface area contributed by atoms with Crippen molar-refractivity contribution in [3.63, 3.8) is 0 Å². The molecule has 33 heavy (non-hydrogen) atoms. The third kappa shape index (κ3) is 8.19. The number of carbonyl (C=O) groups excluding carboxylic acids is 1. The van der Waals surface area contributed by atoms with Crippen LogP contribution in [-0.2, 0) is 27.6 Å². The molecule has 0 saturated heterocycles. The summed E-state index contributed by atoms with van der Waals surface area (Å²) >= 11 is 7.14. The predicted molar refractivity (Wildman–Crippen MR) is 145 cm³/mol. The van der Waals surface area contributed by atoms with Gasteiger partial charge in [-0.1, -0.05) is 64.8 Å². The van der Waals surface area contributed by atoms with E-state index in [2.05, 4.69) is 76.8 Å². The normalized spacial score (nSPS) is 12.5. The zero-order chi connectivity index (χ0) is 25.0. The lowest BCUT2D eigenvalue weighted by atomic mass is 10.1. The van der Waals surface area contributed by atoms with Gasteiger partial charge in [-0.2, -0.15) is 0 Å². The molecule has 2 rings (SSSR count). The van der Waals surface area contributed by atoms with E-state index < -0.39 is 20.0 Å². The average molecular weight is 600 g/mol. The van der Waals surface area contributed by atoms with Gasteiger partial charge in [0.2, 0.25) is 0 Å². The topological polar surface area (TPSA) is 51.7 Å². The van der Waals surface area contributed by atoms with Gasteiger partial charge in [0.05, 0.1) is 25.0 Å². The predicted octanol–water partition coefficient (Wildman–Crippen LogP) is 8.20. The zero-order valence-corrected chi connectivity index (χ0v) is 25.1. The Morgan fingerprint density at radius 1 is 1.06 bits per heavy atom. The molecule has 0 aliphatic carbocycles. The third-order valence-corrected chi connectivity index (χ3v) is 11.6. The lowest BCUT2D eigenvalue weighted by Gasteiger charge is -2.36. The van der Waals surface area contributed by atoms with Crippen LogP contribution in [0.3, 0.4) is 0 Å². The van der Waals surface area contributed by atoms with Crippen LogP contribution in [0.5, 0.6) is 0 Å². The molecule has 1 amide bonds. The number of carbonyl (C=O) groups is 1. The third-order valence-electron chi connectivity index (χ3n) is 5.70. The van der Waals surface area contributed by atoms with Gasteiger partial charge in [-0.25, -0.2) is 4.79 Å². The van der Waals surface area contributed by atoms with Crippen molar-refractivity contribution in [3.05, 3.63) is 57.8 Å². The summed E-state index contributed by atoms with van der Waals surface area (Å²) in [6, 6.07) is 8.09. The molecule has 0 bridgehead atoms. The van der Waals surface area contributed by atoms with Crippen LogP contribution in [0.15, 0.2) is 41.1 Å². The summed E-state index contributed by atoms with van der Waals surface area (Å²) < 4.78 is 13.0. The molecule has 0 N–H and O–H groups in total. The van der Waals surface area contributed by atoms with E-state index >= 15 is 0 Å². The summed E-state index contributed by atoms with van der Waals surface area (Å²) in [5.41, 5.74) is 3.12. The van der Waals surface area contributed by atoms with Crippen molar-refractivity contribution in [3.8, 4) is 0 Å². The van der Waals surface area contributed by atoms with Gasteiger partial charge in [-0.15, -0.1) is 0 Å². The highest BCUT2D eigenvalue weighted by molar-refractivity contribution is 9.10. The molecule has 8 heteroatoms. The molecule has 1 aromatic heterocycles. The van der Waals surface area contributed by atoms with E-state index in [-0.39, 0.29) is 5.04 Å². The summed E-state index contributed by atoms with van der Waals surface area (Å²) in [4.78, 5) is 19.3. The van der Waals surface area contributed by atoms with Crippen LogP contribution in [0.4, 0.5) is 10.5 Å². The second-order valence-corrected chi connectivity index (χ2v) is 17.0. The molecule has 0 fully saturated rings. The molecular formula is C25H36Br2N2O3Si. The van der Waals surface area contributed by atoms with E-state index in [1.54, 1.807) is 17.3 Å². The standard InChI is InChI=1S/C25H36Br2N2O3Si/c1-24(2,3)32-23(30)29(16-20-11-18(13-26)9-10-22(20)27)21-12-19(14-28-15-21)17-31-33(7,8)25(4,5)6/h9-12,14-15H,13,16-17H2,1-8H3. The van der Waals surface area contributed by atoms with E-state index in [0.29, 0.717) is 18.8 Å². The van der Waals surface area contributed by atoms with E-state index in [1.807, 2.05) is 39.0 Å². The largest absolute Gasteiger partial charge is 0.443 e. The number of alkyl halides is 1. The van der Waals surface area contributed by atoms with Gasteiger partial charge in [0, 0.05) is 16.0 Å². The fraction of sp³-hybridized carbons (Fsp3) is 0.520. The lowest BCUT2D eigenvalue weighted by Crippen LogP contribution is -2.40. The van der Waals surface area contributed by atoms with Gasteiger partial charge in [0.15, 0.2) is 8.32 Å². The Balaban J connectivity index is 2.37. The van der Waals surface area contributed by atoms with Crippen molar-refractivity contribution in [1.82, 2.24) is 4.98 Å². The Bertz CT molecular complexity index is 969. The minimum atomic E-state index is -1.91. The van der Waals surface area contributed by atoms with Gasteiger partial charge in [0.1, 0.15) is 5.60 Å². The lowest BCUT2D eigenvalue weighted by molar-refractivity contribution is 0.0577. The number of pyridine rings is 1. The fourth-order valence-electron chi connectivity index (χ4n) is 2.76. The molecule has 5 nitrogen and oxygen atoms in total. The molecule has 0 saturated carbocycles. The molecule has 0 spiro atoms.